The number of para-hydroxylation sites is 1. The van der Waals surface area contributed by atoms with Crippen LogP contribution in [0.25, 0.3) is 10.9 Å². The van der Waals surface area contributed by atoms with Crippen LogP contribution in [0.1, 0.15) is 30.7 Å². The summed E-state index contributed by atoms with van der Waals surface area (Å²) in [5, 5.41) is 13.6. The van der Waals surface area contributed by atoms with Gasteiger partial charge in [0.05, 0.1) is 18.8 Å². The lowest BCUT2D eigenvalue weighted by atomic mass is 9.89. The third-order valence-electron chi connectivity index (χ3n) is 6.96. The summed E-state index contributed by atoms with van der Waals surface area (Å²) in [6.45, 7) is 3.49. The smallest absolute Gasteiger partial charge is 0.320 e. The number of morpholine rings is 1. The van der Waals surface area contributed by atoms with Crippen molar-refractivity contribution in [1.82, 2.24) is 19.7 Å². The summed E-state index contributed by atoms with van der Waals surface area (Å²) in [4.78, 5) is 28.6. The summed E-state index contributed by atoms with van der Waals surface area (Å²) in [6.07, 6.45) is 4.82. The highest BCUT2D eigenvalue weighted by Crippen LogP contribution is 2.35. The number of benzene rings is 1. The monoisotopic (exact) mass is 426 g/mol. The Morgan fingerprint density at radius 2 is 1.90 bits per heavy atom. The topological polar surface area (TPSA) is 87.0 Å². The van der Waals surface area contributed by atoms with E-state index in [1.165, 1.54) is 10.9 Å². The van der Waals surface area contributed by atoms with Crippen molar-refractivity contribution in [2.24, 2.45) is 0 Å². The quantitative estimate of drug-likeness (QED) is 0.779. The van der Waals surface area contributed by atoms with E-state index in [0.29, 0.717) is 25.6 Å². The number of rotatable bonds is 3. The second-order valence-electron chi connectivity index (χ2n) is 8.82. The lowest BCUT2D eigenvalue weighted by Crippen LogP contribution is -2.62. The molecule has 1 aromatic carbocycles. The van der Waals surface area contributed by atoms with Gasteiger partial charge in [-0.15, -0.1) is 0 Å². The first-order valence-electron chi connectivity index (χ1n) is 11.3. The molecule has 4 heterocycles. The second kappa shape index (κ2) is 8.51. The zero-order chi connectivity index (χ0) is 21.4. The van der Waals surface area contributed by atoms with E-state index < -0.39 is 0 Å². The van der Waals surface area contributed by atoms with E-state index in [9.17, 15) is 14.7 Å². The van der Waals surface area contributed by atoms with Gasteiger partial charge in [-0.1, -0.05) is 18.2 Å². The number of nitrogens with one attached hydrogen (secondary N) is 1. The number of fused-ring (bicyclic) bond motifs is 2. The fraction of sp³-hybridized carbons (Fsp3) is 0.565. The highest BCUT2D eigenvalue weighted by atomic mass is 16.5. The van der Waals surface area contributed by atoms with Gasteiger partial charge in [0, 0.05) is 49.8 Å². The van der Waals surface area contributed by atoms with Crippen LogP contribution in [0.4, 0.5) is 4.79 Å². The molecule has 0 bridgehead atoms. The van der Waals surface area contributed by atoms with Crippen molar-refractivity contribution in [2.45, 2.75) is 43.9 Å². The number of amides is 3. The van der Waals surface area contributed by atoms with E-state index in [1.54, 1.807) is 0 Å². The molecule has 1 aromatic heterocycles. The van der Waals surface area contributed by atoms with Crippen LogP contribution < -0.4 is 5.32 Å². The minimum absolute atomic E-state index is 0.0173. The maximum absolute atomic E-state index is 13.1. The molecule has 2 atom stereocenters. The standard InChI is InChI=1S/C23H30N4O4/c28-12-11-26-13-18(17-3-1-2-4-20(17)26)16-5-8-25(9-6-16)23(30)27-10-7-21-19(14-27)24-22(29)15-31-21/h1-4,13,16,19,21,28H,5-12,14-15H2,(H,24,29)/t19-,21+/m1/s1. The predicted octanol–water partition coefficient (Wildman–Crippen LogP) is 1.52. The van der Waals surface area contributed by atoms with Crippen molar-refractivity contribution in [3.63, 3.8) is 0 Å². The summed E-state index contributed by atoms with van der Waals surface area (Å²) in [5.41, 5.74) is 2.48. The average molecular weight is 427 g/mol. The van der Waals surface area contributed by atoms with E-state index in [0.717, 1.165) is 37.9 Å². The highest BCUT2D eigenvalue weighted by Gasteiger charge is 2.38. The SMILES string of the molecule is O=C1CO[C@H]2CCN(C(=O)N3CCC(c4cn(CCO)c5ccccc45)CC3)C[C@H]2N1. The molecule has 0 spiro atoms. The van der Waals surface area contributed by atoms with Gasteiger partial charge in [0.15, 0.2) is 0 Å². The Morgan fingerprint density at radius 1 is 1.13 bits per heavy atom. The van der Waals surface area contributed by atoms with E-state index in [4.69, 9.17) is 4.74 Å². The normalized spacial score (nSPS) is 24.9. The third kappa shape index (κ3) is 3.90. The van der Waals surface area contributed by atoms with Crippen molar-refractivity contribution < 1.29 is 19.4 Å². The fourth-order valence-corrected chi connectivity index (χ4v) is 5.35. The second-order valence-corrected chi connectivity index (χ2v) is 8.82. The number of hydrogen-bond acceptors (Lipinski definition) is 4. The van der Waals surface area contributed by atoms with Crippen LogP contribution in [-0.2, 0) is 16.1 Å². The fourth-order valence-electron chi connectivity index (χ4n) is 5.35. The number of ether oxygens (including phenoxy) is 1. The van der Waals surface area contributed by atoms with Crippen molar-refractivity contribution in [3.8, 4) is 0 Å². The molecule has 3 aliphatic heterocycles. The van der Waals surface area contributed by atoms with E-state index in [2.05, 4.69) is 34.3 Å². The average Bonchev–Trinajstić information content (AvgIpc) is 3.17. The molecule has 3 amide bonds. The molecule has 0 aliphatic carbocycles. The van der Waals surface area contributed by atoms with Gasteiger partial charge < -0.3 is 29.5 Å². The van der Waals surface area contributed by atoms with Gasteiger partial charge in [-0.25, -0.2) is 4.79 Å². The number of carbonyl (C=O) groups is 2. The molecule has 0 radical (unpaired) electrons. The number of hydrogen-bond donors (Lipinski definition) is 2. The van der Waals surface area contributed by atoms with Gasteiger partial charge in [0.25, 0.3) is 0 Å². The van der Waals surface area contributed by atoms with E-state index in [1.807, 2.05) is 15.9 Å². The molecule has 5 rings (SSSR count). The van der Waals surface area contributed by atoms with Crippen LogP contribution in [0, 0.1) is 0 Å². The summed E-state index contributed by atoms with van der Waals surface area (Å²) in [7, 11) is 0. The number of nitrogens with zero attached hydrogens (tertiary/aromatic N) is 3. The van der Waals surface area contributed by atoms with Crippen LogP contribution in [0.5, 0.6) is 0 Å². The van der Waals surface area contributed by atoms with Crippen LogP contribution in [0.15, 0.2) is 30.5 Å². The third-order valence-corrected chi connectivity index (χ3v) is 6.96. The number of piperidine rings is 2. The molecular formula is C23H30N4O4. The first-order valence-corrected chi connectivity index (χ1v) is 11.3. The van der Waals surface area contributed by atoms with Crippen molar-refractivity contribution in [3.05, 3.63) is 36.0 Å². The molecule has 8 nitrogen and oxygen atoms in total. The molecular weight excluding hydrogens is 396 g/mol. The molecule has 3 aliphatic rings. The van der Waals surface area contributed by atoms with Gasteiger partial charge in [-0.05, 0) is 36.8 Å². The molecule has 8 heteroatoms. The zero-order valence-electron chi connectivity index (χ0n) is 17.7. The Bertz CT molecular complexity index is 966. The van der Waals surface area contributed by atoms with Crippen molar-refractivity contribution in [1.29, 1.82) is 0 Å². The molecule has 2 N–H and O–H groups in total. The first-order chi connectivity index (χ1) is 15.1. The molecule has 166 valence electrons. The summed E-state index contributed by atoms with van der Waals surface area (Å²) in [5.74, 6) is 0.308. The van der Waals surface area contributed by atoms with E-state index >= 15 is 0 Å². The molecule has 3 fully saturated rings. The molecule has 0 saturated carbocycles. The van der Waals surface area contributed by atoms with Gasteiger partial charge in [0.2, 0.25) is 5.91 Å². The van der Waals surface area contributed by atoms with Crippen LogP contribution in [-0.4, -0.2) is 83.0 Å². The van der Waals surface area contributed by atoms with Crippen LogP contribution in [0.3, 0.4) is 0 Å². The Labute approximate surface area is 181 Å². The number of urea groups is 1. The van der Waals surface area contributed by atoms with Gasteiger partial charge in [0.1, 0.15) is 6.61 Å². The number of carbonyl (C=O) groups excluding carboxylic acids is 2. The molecule has 0 unspecified atom stereocenters. The lowest BCUT2D eigenvalue weighted by molar-refractivity contribution is -0.139. The number of aliphatic hydroxyl groups excluding tert-OH is 1. The zero-order valence-corrected chi connectivity index (χ0v) is 17.7. The Hall–Kier alpha value is -2.58. The first kappa shape index (κ1) is 20.3. The van der Waals surface area contributed by atoms with Crippen molar-refractivity contribution >= 4 is 22.8 Å². The number of likely N-dealkylation sites (tertiary alicyclic amines) is 2. The van der Waals surface area contributed by atoms with E-state index in [-0.39, 0.29) is 37.3 Å². The maximum Gasteiger partial charge on any atom is 0.320 e. The van der Waals surface area contributed by atoms with Crippen LogP contribution >= 0.6 is 0 Å². The largest absolute Gasteiger partial charge is 0.395 e. The molecule has 3 saturated heterocycles. The van der Waals surface area contributed by atoms with Crippen LogP contribution in [0.2, 0.25) is 0 Å². The van der Waals surface area contributed by atoms with Gasteiger partial charge in [-0.2, -0.15) is 0 Å². The predicted molar refractivity (Wildman–Crippen MR) is 116 cm³/mol. The van der Waals surface area contributed by atoms with Gasteiger partial charge >= 0.3 is 6.03 Å². The summed E-state index contributed by atoms with van der Waals surface area (Å²) >= 11 is 0. The number of aliphatic hydroxyl groups is 1. The molecule has 31 heavy (non-hydrogen) atoms. The maximum atomic E-state index is 13.1. The molecule has 2 aromatic rings. The summed E-state index contributed by atoms with van der Waals surface area (Å²) < 4.78 is 7.74. The lowest BCUT2D eigenvalue weighted by Gasteiger charge is -2.43. The Morgan fingerprint density at radius 3 is 2.71 bits per heavy atom. The van der Waals surface area contributed by atoms with Gasteiger partial charge in [-0.3, -0.25) is 4.79 Å². The highest BCUT2D eigenvalue weighted by molar-refractivity contribution is 5.84. The minimum Gasteiger partial charge on any atom is -0.395 e. The Kier molecular flexibility index (Phi) is 5.58. The van der Waals surface area contributed by atoms with Crippen molar-refractivity contribution in [2.75, 3.05) is 39.4 Å². The Balaban J connectivity index is 1.23. The minimum atomic E-state index is -0.103. The summed E-state index contributed by atoms with van der Waals surface area (Å²) in [6, 6.07) is 8.31. The number of aromatic nitrogens is 1.